The van der Waals surface area contributed by atoms with Crippen molar-refractivity contribution in [3.05, 3.63) is 58.5 Å². The van der Waals surface area contributed by atoms with E-state index in [2.05, 4.69) is 4.98 Å². The molecular weight excluding hydrogens is 202 g/mol. The average molecular weight is 213 g/mol. The Balaban J connectivity index is 2.48. The molecule has 2 aromatic rings. The molecule has 16 heavy (non-hydrogen) atoms. The number of carbonyl (C=O) groups is 1. The summed E-state index contributed by atoms with van der Waals surface area (Å²) >= 11 is 0. The first-order chi connectivity index (χ1) is 7.66. The Morgan fingerprint density at radius 1 is 1.12 bits per heavy atom. The summed E-state index contributed by atoms with van der Waals surface area (Å²) < 4.78 is 0. The van der Waals surface area contributed by atoms with Crippen LogP contribution in [0.25, 0.3) is 11.1 Å². The van der Waals surface area contributed by atoms with Gasteiger partial charge in [-0.1, -0.05) is 18.2 Å². The molecule has 0 radical (unpaired) electrons. The smallest absolute Gasteiger partial charge is 0.247 e. The highest BCUT2D eigenvalue weighted by atomic mass is 16.1. The molecule has 1 N–H and O–H groups in total. The molecule has 2 rings (SSSR count). The maximum Gasteiger partial charge on any atom is 0.247 e. The van der Waals surface area contributed by atoms with Gasteiger partial charge >= 0.3 is 0 Å². The Morgan fingerprint density at radius 3 is 2.56 bits per heavy atom. The van der Waals surface area contributed by atoms with E-state index in [1.54, 1.807) is 18.3 Å². The number of rotatable bonds is 2. The van der Waals surface area contributed by atoms with Crippen LogP contribution in [0.5, 0.6) is 0 Å². The number of hydrogen-bond donors (Lipinski definition) is 1. The van der Waals surface area contributed by atoms with Gasteiger partial charge in [0, 0.05) is 17.8 Å². The molecule has 0 bridgehead atoms. The third-order valence-corrected chi connectivity index (χ3v) is 2.39. The number of benzene rings is 1. The lowest BCUT2D eigenvalue weighted by molar-refractivity contribution is 0.101. The number of pyridine rings is 1. The first kappa shape index (κ1) is 10.4. The first-order valence-corrected chi connectivity index (χ1v) is 4.97. The number of H-pyrrole nitrogens is 1. The highest BCUT2D eigenvalue weighted by Gasteiger charge is 2.02. The van der Waals surface area contributed by atoms with Gasteiger partial charge in [-0.2, -0.15) is 0 Å². The van der Waals surface area contributed by atoms with Gasteiger partial charge in [0.2, 0.25) is 5.56 Å². The van der Waals surface area contributed by atoms with Crippen LogP contribution < -0.4 is 5.56 Å². The largest absolute Gasteiger partial charge is 0.328 e. The van der Waals surface area contributed by atoms with Gasteiger partial charge in [-0.05, 0) is 30.2 Å². The molecule has 0 saturated heterocycles. The van der Waals surface area contributed by atoms with Gasteiger partial charge in [0.25, 0.3) is 0 Å². The van der Waals surface area contributed by atoms with Crippen LogP contribution in [0, 0.1) is 0 Å². The third-order valence-electron chi connectivity index (χ3n) is 2.39. The van der Waals surface area contributed by atoms with Gasteiger partial charge in [-0.25, -0.2) is 0 Å². The number of hydrogen-bond acceptors (Lipinski definition) is 2. The second-order valence-electron chi connectivity index (χ2n) is 3.58. The van der Waals surface area contributed by atoms with E-state index in [9.17, 15) is 9.59 Å². The molecule has 80 valence electrons. The van der Waals surface area contributed by atoms with Crippen LogP contribution >= 0.6 is 0 Å². The minimum absolute atomic E-state index is 0.0336. The van der Waals surface area contributed by atoms with Gasteiger partial charge in [-0.15, -0.1) is 0 Å². The molecule has 1 aromatic heterocycles. The Bertz CT molecular complexity index is 564. The predicted molar refractivity (Wildman–Crippen MR) is 62.5 cm³/mol. The highest BCUT2D eigenvalue weighted by Crippen LogP contribution is 2.18. The van der Waals surface area contributed by atoms with Crippen molar-refractivity contribution in [3.63, 3.8) is 0 Å². The van der Waals surface area contributed by atoms with Crippen LogP contribution in [0.4, 0.5) is 0 Å². The molecule has 0 aliphatic heterocycles. The van der Waals surface area contributed by atoms with Crippen molar-refractivity contribution in [3.8, 4) is 11.1 Å². The van der Waals surface area contributed by atoms with E-state index >= 15 is 0 Å². The summed E-state index contributed by atoms with van der Waals surface area (Å²) in [6.07, 6.45) is 1.64. The molecule has 0 spiro atoms. The van der Waals surface area contributed by atoms with Crippen molar-refractivity contribution in [2.45, 2.75) is 6.92 Å². The number of aromatic amines is 1. The zero-order valence-corrected chi connectivity index (χ0v) is 8.86. The number of nitrogens with one attached hydrogen (secondary N) is 1. The molecule has 3 nitrogen and oxygen atoms in total. The topological polar surface area (TPSA) is 49.9 Å². The Kier molecular flexibility index (Phi) is 2.68. The van der Waals surface area contributed by atoms with Crippen molar-refractivity contribution >= 4 is 5.78 Å². The Morgan fingerprint density at radius 2 is 1.94 bits per heavy atom. The van der Waals surface area contributed by atoms with E-state index in [0.29, 0.717) is 5.56 Å². The van der Waals surface area contributed by atoms with Gasteiger partial charge in [-0.3, -0.25) is 9.59 Å². The molecule has 0 amide bonds. The van der Waals surface area contributed by atoms with Crippen molar-refractivity contribution in [2.24, 2.45) is 0 Å². The molecular formula is C13H11NO2. The fraction of sp³-hybridized carbons (Fsp3) is 0.0769. The minimum Gasteiger partial charge on any atom is -0.328 e. The zero-order chi connectivity index (χ0) is 11.5. The molecule has 1 aromatic carbocycles. The van der Waals surface area contributed by atoms with Gasteiger partial charge in [0.05, 0.1) is 0 Å². The quantitative estimate of drug-likeness (QED) is 0.778. The van der Waals surface area contributed by atoms with Crippen LogP contribution in [0.15, 0.2) is 47.4 Å². The molecule has 0 saturated carbocycles. The normalized spacial score (nSPS) is 10.1. The van der Waals surface area contributed by atoms with Gasteiger partial charge in [0.1, 0.15) is 0 Å². The third kappa shape index (κ3) is 2.08. The minimum atomic E-state index is -0.133. The summed E-state index contributed by atoms with van der Waals surface area (Å²) in [6.45, 7) is 1.53. The van der Waals surface area contributed by atoms with E-state index in [0.717, 1.165) is 11.1 Å². The lowest BCUT2D eigenvalue weighted by Crippen LogP contribution is -2.01. The number of carbonyl (C=O) groups excluding carboxylic acids is 1. The molecule has 1 heterocycles. The van der Waals surface area contributed by atoms with Crippen LogP contribution in [0.2, 0.25) is 0 Å². The van der Waals surface area contributed by atoms with Crippen molar-refractivity contribution in [2.75, 3.05) is 0 Å². The number of aromatic nitrogens is 1. The summed E-state index contributed by atoms with van der Waals surface area (Å²) in [5.74, 6) is 0.0336. The summed E-state index contributed by atoms with van der Waals surface area (Å²) in [4.78, 5) is 24.8. The second-order valence-corrected chi connectivity index (χ2v) is 3.58. The first-order valence-electron chi connectivity index (χ1n) is 4.97. The monoisotopic (exact) mass is 213 g/mol. The van der Waals surface area contributed by atoms with Crippen LogP contribution in [0.1, 0.15) is 17.3 Å². The molecule has 0 aliphatic carbocycles. The number of Topliss-reactive ketones (excluding diaryl/α,β-unsaturated/α-hetero) is 1. The van der Waals surface area contributed by atoms with E-state index in [1.165, 1.54) is 13.0 Å². The standard InChI is InChI=1S/C13H11NO2/c1-9(15)10-3-2-4-11(7-10)12-5-6-13(16)14-8-12/h2-8H,1H3,(H,14,16). The van der Waals surface area contributed by atoms with E-state index < -0.39 is 0 Å². The summed E-state index contributed by atoms with van der Waals surface area (Å²) in [6, 6.07) is 10.5. The zero-order valence-electron chi connectivity index (χ0n) is 8.86. The predicted octanol–water partition coefficient (Wildman–Crippen LogP) is 2.24. The van der Waals surface area contributed by atoms with Crippen molar-refractivity contribution in [1.82, 2.24) is 4.98 Å². The summed E-state index contributed by atoms with van der Waals surface area (Å²) in [5, 5.41) is 0. The molecule has 0 unspecified atom stereocenters. The lowest BCUT2D eigenvalue weighted by atomic mass is 10.0. The van der Waals surface area contributed by atoms with Crippen LogP contribution in [0.3, 0.4) is 0 Å². The summed E-state index contributed by atoms with van der Waals surface area (Å²) in [7, 11) is 0. The van der Waals surface area contributed by atoms with Crippen LogP contribution in [-0.4, -0.2) is 10.8 Å². The molecule has 0 aliphatic rings. The lowest BCUT2D eigenvalue weighted by Gasteiger charge is -2.02. The van der Waals surface area contributed by atoms with Crippen LogP contribution in [-0.2, 0) is 0 Å². The van der Waals surface area contributed by atoms with E-state index in [-0.39, 0.29) is 11.3 Å². The van der Waals surface area contributed by atoms with Crippen molar-refractivity contribution in [1.29, 1.82) is 0 Å². The molecule has 0 fully saturated rings. The van der Waals surface area contributed by atoms with E-state index in [1.807, 2.05) is 18.2 Å². The fourth-order valence-electron chi connectivity index (χ4n) is 1.51. The Labute approximate surface area is 92.8 Å². The average Bonchev–Trinajstić information content (AvgIpc) is 2.30. The fourth-order valence-corrected chi connectivity index (χ4v) is 1.51. The molecule has 0 atom stereocenters. The van der Waals surface area contributed by atoms with E-state index in [4.69, 9.17) is 0 Å². The number of ketones is 1. The maximum atomic E-state index is 11.2. The highest BCUT2D eigenvalue weighted by molar-refractivity contribution is 5.95. The SMILES string of the molecule is CC(=O)c1cccc(-c2ccc(=O)[nH]c2)c1. The Hall–Kier alpha value is -2.16. The van der Waals surface area contributed by atoms with Gasteiger partial charge in [0.15, 0.2) is 5.78 Å². The summed E-state index contributed by atoms with van der Waals surface area (Å²) in [5.41, 5.74) is 2.35. The van der Waals surface area contributed by atoms with Crippen molar-refractivity contribution < 1.29 is 4.79 Å². The maximum absolute atomic E-state index is 11.2. The molecule has 3 heteroatoms. The second kappa shape index (κ2) is 4.14. The van der Waals surface area contributed by atoms with Gasteiger partial charge < -0.3 is 4.98 Å².